The van der Waals surface area contributed by atoms with Crippen LogP contribution in [0.4, 0.5) is 0 Å². The molecule has 9 heavy (non-hydrogen) atoms. The van der Waals surface area contributed by atoms with Gasteiger partial charge in [0, 0.05) is 0 Å². The SMILES string of the molecule is Cc1ccsc1C(=O)S. The lowest BCUT2D eigenvalue weighted by atomic mass is 10.3. The molecule has 0 N–H and O–H groups in total. The predicted molar refractivity (Wildman–Crippen MR) is 42.4 cm³/mol. The maximum atomic E-state index is 10.6. The molecule has 0 aliphatic rings. The van der Waals surface area contributed by atoms with Gasteiger partial charge in [-0.3, -0.25) is 4.79 Å². The average molecular weight is 158 g/mol. The van der Waals surface area contributed by atoms with E-state index in [2.05, 4.69) is 12.6 Å². The monoisotopic (exact) mass is 158 g/mol. The fourth-order valence-corrected chi connectivity index (χ4v) is 1.69. The minimum Gasteiger partial charge on any atom is -0.281 e. The molecule has 0 aliphatic heterocycles. The van der Waals surface area contributed by atoms with E-state index in [1.54, 1.807) is 0 Å². The summed E-state index contributed by atoms with van der Waals surface area (Å²) in [5.74, 6) is 0. The first-order valence-electron chi connectivity index (χ1n) is 2.49. The Morgan fingerprint density at radius 2 is 2.44 bits per heavy atom. The minimum absolute atomic E-state index is 0.137. The van der Waals surface area contributed by atoms with Crippen molar-refractivity contribution in [3.8, 4) is 0 Å². The van der Waals surface area contributed by atoms with Crippen LogP contribution in [-0.2, 0) is 0 Å². The molecule has 0 aliphatic carbocycles. The highest BCUT2D eigenvalue weighted by atomic mass is 32.1. The lowest BCUT2D eigenvalue weighted by Gasteiger charge is -1.86. The average Bonchev–Trinajstić information content (AvgIpc) is 2.13. The minimum atomic E-state index is -0.137. The van der Waals surface area contributed by atoms with E-state index in [4.69, 9.17) is 0 Å². The molecule has 1 heterocycles. The molecule has 0 amide bonds. The molecule has 0 aromatic carbocycles. The molecule has 3 heteroatoms. The van der Waals surface area contributed by atoms with Crippen LogP contribution >= 0.6 is 24.0 Å². The van der Waals surface area contributed by atoms with Crippen molar-refractivity contribution >= 4 is 29.1 Å². The van der Waals surface area contributed by atoms with Gasteiger partial charge in [0.15, 0.2) is 0 Å². The van der Waals surface area contributed by atoms with Gasteiger partial charge in [-0.05, 0) is 23.9 Å². The van der Waals surface area contributed by atoms with Crippen LogP contribution in [0.25, 0.3) is 0 Å². The molecule has 1 aromatic heterocycles. The highest BCUT2D eigenvalue weighted by Crippen LogP contribution is 2.16. The Balaban J connectivity index is 3.08. The summed E-state index contributed by atoms with van der Waals surface area (Å²) < 4.78 is 0. The molecular formula is C6H6OS2. The highest BCUT2D eigenvalue weighted by molar-refractivity contribution is 7.97. The number of thiophene rings is 1. The van der Waals surface area contributed by atoms with E-state index in [1.165, 1.54) is 11.3 Å². The summed E-state index contributed by atoms with van der Waals surface area (Å²) >= 11 is 5.13. The molecule has 1 rings (SSSR count). The number of hydrogen-bond acceptors (Lipinski definition) is 2. The fraction of sp³-hybridized carbons (Fsp3) is 0.167. The second kappa shape index (κ2) is 2.54. The van der Waals surface area contributed by atoms with E-state index in [9.17, 15) is 4.79 Å². The number of carbonyl (C=O) groups excluding carboxylic acids is 1. The Kier molecular flexibility index (Phi) is 1.93. The molecule has 1 nitrogen and oxygen atoms in total. The summed E-state index contributed by atoms with van der Waals surface area (Å²) in [6.07, 6.45) is 0. The first kappa shape index (κ1) is 6.83. The van der Waals surface area contributed by atoms with Gasteiger partial charge >= 0.3 is 0 Å². The van der Waals surface area contributed by atoms with Crippen LogP contribution in [0.3, 0.4) is 0 Å². The summed E-state index contributed by atoms with van der Waals surface area (Å²) in [5, 5.41) is 1.75. The molecule has 0 atom stereocenters. The number of aryl methyl sites for hydroxylation is 1. The third-order valence-corrected chi connectivity index (χ3v) is 2.45. The normalized spacial score (nSPS) is 9.56. The number of carbonyl (C=O) groups is 1. The first-order valence-corrected chi connectivity index (χ1v) is 3.82. The number of hydrogen-bond donors (Lipinski definition) is 1. The zero-order valence-electron chi connectivity index (χ0n) is 4.92. The van der Waals surface area contributed by atoms with Gasteiger partial charge in [0.2, 0.25) is 5.12 Å². The largest absolute Gasteiger partial charge is 0.281 e. The van der Waals surface area contributed by atoms with E-state index >= 15 is 0 Å². The van der Waals surface area contributed by atoms with Crippen LogP contribution < -0.4 is 0 Å². The Hall–Kier alpha value is -0.280. The van der Waals surface area contributed by atoms with Gasteiger partial charge in [-0.25, -0.2) is 0 Å². The van der Waals surface area contributed by atoms with Crippen LogP contribution in [0, 0.1) is 6.92 Å². The van der Waals surface area contributed by atoms with Crippen molar-refractivity contribution in [2.75, 3.05) is 0 Å². The molecule has 48 valence electrons. The highest BCUT2D eigenvalue weighted by Gasteiger charge is 2.03. The second-order valence-corrected chi connectivity index (χ2v) is 3.06. The van der Waals surface area contributed by atoms with Crippen LogP contribution in [0.5, 0.6) is 0 Å². The summed E-state index contributed by atoms with van der Waals surface area (Å²) in [4.78, 5) is 11.4. The summed E-state index contributed by atoms with van der Waals surface area (Å²) in [6.45, 7) is 1.90. The lowest BCUT2D eigenvalue weighted by molar-refractivity contribution is 0.109. The maximum absolute atomic E-state index is 10.6. The smallest absolute Gasteiger partial charge is 0.226 e. The molecule has 0 saturated carbocycles. The molecule has 1 aromatic rings. The van der Waals surface area contributed by atoms with Gasteiger partial charge in [0.1, 0.15) is 0 Å². The number of rotatable bonds is 1. The molecule has 0 radical (unpaired) electrons. The van der Waals surface area contributed by atoms with E-state index in [-0.39, 0.29) is 5.12 Å². The molecule has 0 fully saturated rings. The zero-order chi connectivity index (χ0) is 6.85. The maximum Gasteiger partial charge on any atom is 0.226 e. The third-order valence-electron chi connectivity index (χ3n) is 1.06. The van der Waals surface area contributed by atoms with E-state index in [0.717, 1.165) is 10.4 Å². The van der Waals surface area contributed by atoms with Gasteiger partial charge in [-0.2, -0.15) is 0 Å². The van der Waals surface area contributed by atoms with Crippen molar-refractivity contribution < 1.29 is 4.79 Å². The molecule has 0 bridgehead atoms. The van der Waals surface area contributed by atoms with Crippen molar-refractivity contribution in [2.45, 2.75) is 6.92 Å². The summed E-state index contributed by atoms with van der Waals surface area (Å²) in [7, 11) is 0. The quantitative estimate of drug-likeness (QED) is 0.619. The van der Waals surface area contributed by atoms with Crippen molar-refractivity contribution in [3.05, 3.63) is 21.9 Å². The number of thiol groups is 1. The Morgan fingerprint density at radius 1 is 1.78 bits per heavy atom. The molecular weight excluding hydrogens is 152 g/mol. The predicted octanol–water partition coefficient (Wildman–Crippen LogP) is 2.13. The molecule has 0 spiro atoms. The van der Waals surface area contributed by atoms with Crippen molar-refractivity contribution in [2.24, 2.45) is 0 Å². The van der Waals surface area contributed by atoms with Crippen LogP contribution in [0.15, 0.2) is 11.4 Å². The van der Waals surface area contributed by atoms with E-state index in [0.29, 0.717) is 0 Å². The van der Waals surface area contributed by atoms with E-state index in [1.807, 2.05) is 18.4 Å². The van der Waals surface area contributed by atoms with Gasteiger partial charge < -0.3 is 0 Å². The van der Waals surface area contributed by atoms with Crippen molar-refractivity contribution in [1.29, 1.82) is 0 Å². The first-order chi connectivity index (χ1) is 4.22. The van der Waals surface area contributed by atoms with E-state index < -0.39 is 0 Å². The molecule has 0 saturated heterocycles. The van der Waals surface area contributed by atoms with Crippen LogP contribution in [0.1, 0.15) is 15.2 Å². The van der Waals surface area contributed by atoms with Crippen molar-refractivity contribution in [1.82, 2.24) is 0 Å². The fourth-order valence-electron chi connectivity index (χ4n) is 0.592. The Bertz CT molecular complexity index is 227. The Morgan fingerprint density at radius 3 is 2.67 bits per heavy atom. The third kappa shape index (κ3) is 1.34. The van der Waals surface area contributed by atoms with Gasteiger partial charge in [-0.15, -0.1) is 11.3 Å². The van der Waals surface area contributed by atoms with Gasteiger partial charge in [0.25, 0.3) is 0 Å². The Labute approximate surface area is 63.1 Å². The van der Waals surface area contributed by atoms with Crippen LogP contribution in [-0.4, -0.2) is 5.12 Å². The topological polar surface area (TPSA) is 17.1 Å². The summed E-state index contributed by atoms with van der Waals surface area (Å²) in [5.41, 5.74) is 1.01. The van der Waals surface area contributed by atoms with Gasteiger partial charge in [-0.1, -0.05) is 12.6 Å². The van der Waals surface area contributed by atoms with Gasteiger partial charge in [0.05, 0.1) is 4.88 Å². The second-order valence-electron chi connectivity index (χ2n) is 1.74. The van der Waals surface area contributed by atoms with Crippen LogP contribution in [0.2, 0.25) is 0 Å². The lowest BCUT2D eigenvalue weighted by Crippen LogP contribution is -1.84. The summed E-state index contributed by atoms with van der Waals surface area (Å²) in [6, 6.07) is 1.91. The van der Waals surface area contributed by atoms with Crippen molar-refractivity contribution in [3.63, 3.8) is 0 Å². The standard InChI is InChI=1S/C6H6OS2/c1-4-2-3-9-5(4)6(7)8/h2-3H,1H3,(H,7,8). The molecule has 0 unspecified atom stereocenters. The zero-order valence-corrected chi connectivity index (χ0v) is 6.63.